The number of carbonyl (C=O) groups is 1. The molecule has 0 atom stereocenters. The first kappa shape index (κ1) is 17.6. The van der Waals surface area contributed by atoms with Crippen molar-refractivity contribution in [1.29, 1.82) is 0 Å². The summed E-state index contributed by atoms with van der Waals surface area (Å²) in [5.74, 6) is 2.29. The average molecular weight is 387 g/mol. The number of ether oxygens (including phenoxy) is 2. The standard InChI is InChI=1S/C23H21N3O3/c27-23(26-10-9-17-3-1-2-4-19(17)14-26)18-6-8-22(25-13-18)24-12-16-5-7-20-21(11-16)29-15-28-20/h1-8,11,13H,9-10,12,14-15H2,(H,24,25). The largest absolute Gasteiger partial charge is 0.454 e. The predicted molar refractivity (Wildman–Crippen MR) is 109 cm³/mol. The van der Waals surface area contributed by atoms with Crippen molar-refractivity contribution in [2.45, 2.75) is 19.5 Å². The Morgan fingerprint density at radius 3 is 2.76 bits per heavy atom. The topological polar surface area (TPSA) is 63.7 Å². The zero-order chi connectivity index (χ0) is 19.6. The van der Waals surface area contributed by atoms with Crippen LogP contribution in [0.25, 0.3) is 0 Å². The number of anilines is 1. The molecule has 0 saturated heterocycles. The summed E-state index contributed by atoms with van der Waals surface area (Å²) >= 11 is 0. The maximum absolute atomic E-state index is 12.8. The van der Waals surface area contributed by atoms with Crippen molar-refractivity contribution in [3.63, 3.8) is 0 Å². The molecule has 5 rings (SSSR count). The lowest BCUT2D eigenvalue weighted by Gasteiger charge is -2.28. The van der Waals surface area contributed by atoms with E-state index in [1.54, 1.807) is 6.20 Å². The molecule has 1 aromatic heterocycles. The van der Waals surface area contributed by atoms with Crippen LogP contribution >= 0.6 is 0 Å². The van der Waals surface area contributed by atoms with Crippen molar-refractivity contribution in [2.75, 3.05) is 18.7 Å². The molecular weight excluding hydrogens is 366 g/mol. The Morgan fingerprint density at radius 2 is 1.90 bits per heavy atom. The van der Waals surface area contributed by atoms with E-state index < -0.39 is 0 Å². The Labute approximate surface area is 169 Å². The Morgan fingerprint density at radius 1 is 1.03 bits per heavy atom. The third-order valence-corrected chi connectivity index (χ3v) is 5.34. The third kappa shape index (κ3) is 3.61. The quantitative estimate of drug-likeness (QED) is 0.741. The summed E-state index contributed by atoms with van der Waals surface area (Å²) < 4.78 is 10.7. The van der Waals surface area contributed by atoms with Crippen LogP contribution in [0.15, 0.2) is 60.8 Å². The second-order valence-electron chi connectivity index (χ2n) is 7.22. The van der Waals surface area contributed by atoms with Crippen molar-refractivity contribution >= 4 is 11.7 Å². The monoisotopic (exact) mass is 387 g/mol. The summed E-state index contributed by atoms with van der Waals surface area (Å²) in [7, 11) is 0. The molecule has 0 spiro atoms. The van der Waals surface area contributed by atoms with Crippen LogP contribution in [0, 0.1) is 0 Å². The highest BCUT2D eigenvalue weighted by molar-refractivity contribution is 5.94. The van der Waals surface area contributed by atoms with Crippen LogP contribution in [0.4, 0.5) is 5.82 Å². The number of pyridine rings is 1. The highest BCUT2D eigenvalue weighted by Gasteiger charge is 2.21. The second-order valence-corrected chi connectivity index (χ2v) is 7.22. The average Bonchev–Trinajstić information content (AvgIpc) is 3.25. The van der Waals surface area contributed by atoms with E-state index in [2.05, 4.69) is 28.5 Å². The fourth-order valence-electron chi connectivity index (χ4n) is 3.72. The number of benzene rings is 2. The molecule has 6 heteroatoms. The smallest absolute Gasteiger partial charge is 0.255 e. The van der Waals surface area contributed by atoms with Gasteiger partial charge in [0.25, 0.3) is 5.91 Å². The summed E-state index contributed by atoms with van der Waals surface area (Å²) in [5.41, 5.74) is 4.24. The summed E-state index contributed by atoms with van der Waals surface area (Å²) in [6.45, 7) is 2.27. The van der Waals surface area contributed by atoms with Gasteiger partial charge in [0, 0.05) is 25.8 Å². The number of rotatable bonds is 4. The molecule has 0 fully saturated rings. The van der Waals surface area contributed by atoms with Crippen molar-refractivity contribution in [1.82, 2.24) is 9.88 Å². The molecule has 1 N–H and O–H groups in total. The summed E-state index contributed by atoms with van der Waals surface area (Å²) in [5, 5.41) is 3.28. The molecule has 146 valence electrons. The Hall–Kier alpha value is -3.54. The number of hydrogen-bond donors (Lipinski definition) is 1. The zero-order valence-electron chi connectivity index (χ0n) is 15.9. The molecule has 0 bridgehead atoms. The molecule has 6 nitrogen and oxygen atoms in total. The van der Waals surface area contributed by atoms with E-state index in [1.165, 1.54) is 11.1 Å². The molecule has 2 aromatic carbocycles. The van der Waals surface area contributed by atoms with E-state index in [0.717, 1.165) is 35.8 Å². The molecule has 3 heterocycles. The van der Waals surface area contributed by atoms with Gasteiger partial charge < -0.3 is 19.7 Å². The molecular formula is C23H21N3O3. The molecule has 2 aliphatic rings. The Bertz CT molecular complexity index is 1050. The van der Waals surface area contributed by atoms with Gasteiger partial charge in [0.1, 0.15) is 5.82 Å². The number of carbonyl (C=O) groups excluding carboxylic acids is 1. The molecule has 0 saturated carbocycles. The fourth-order valence-corrected chi connectivity index (χ4v) is 3.72. The van der Waals surface area contributed by atoms with Gasteiger partial charge in [0.05, 0.1) is 5.56 Å². The number of nitrogens with one attached hydrogen (secondary N) is 1. The van der Waals surface area contributed by atoms with E-state index in [-0.39, 0.29) is 12.7 Å². The van der Waals surface area contributed by atoms with E-state index in [4.69, 9.17) is 9.47 Å². The first-order valence-corrected chi connectivity index (χ1v) is 9.71. The minimum absolute atomic E-state index is 0.0225. The van der Waals surface area contributed by atoms with E-state index in [0.29, 0.717) is 18.7 Å². The molecule has 1 amide bonds. The second kappa shape index (κ2) is 7.47. The summed E-state index contributed by atoms with van der Waals surface area (Å²) in [6, 6.07) is 17.8. The molecule has 2 aliphatic heterocycles. The number of aromatic nitrogens is 1. The lowest BCUT2D eigenvalue weighted by Crippen LogP contribution is -2.35. The summed E-state index contributed by atoms with van der Waals surface area (Å²) in [6.07, 6.45) is 2.54. The van der Waals surface area contributed by atoms with Gasteiger partial charge in [-0.2, -0.15) is 0 Å². The van der Waals surface area contributed by atoms with Crippen LogP contribution in [0.5, 0.6) is 11.5 Å². The van der Waals surface area contributed by atoms with E-state index >= 15 is 0 Å². The minimum Gasteiger partial charge on any atom is -0.454 e. The maximum Gasteiger partial charge on any atom is 0.255 e. The molecule has 3 aromatic rings. The number of fused-ring (bicyclic) bond motifs is 2. The van der Waals surface area contributed by atoms with Gasteiger partial charge in [0.15, 0.2) is 11.5 Å². The van der Waals surface area contributed by atoms with Gasteiger partial charge in [-0.3, -0.25) is 4.79 Å². The summed E-state index contributed by atoms with van der Waals surface area (Å²) in [4.78, 5) is 19.1. The lowest BCUT2D eigenvalue weighted by atomic mass is 9.99. The van der Waals surface area contributed by atoms with Gasteiger partial charge in [-0.05, 0) is 47.4 Å². The maximum atomic E-state index is 12.8. The number of amides is 1. The lowest BCUT2D eigenvalue weighted by molar-refractivity contribution is 0.0734. The SMILES string of the molecule is O=C(c1ccc(NCc2ccc3c(c2)OCO3)nc1)N1CCc2ccccc2C1. The Kier molecular flexibility index (Phi) is 4.52. The van der Waals surface area contributed by atoms with Crippen molar-refractivity contribution < 1.29 is 14.3 Å². The minimum atomic E-state index is 0.0225. The molecule has 0 radical (unpaired) electrons. The van der Waals surface area contributed by atoms with Crippen LogP contribution in [0.2, 0.25) is 0 Å². The first-order valence-electron chi connectivity index (χ1n) is 9.71. The highest BCUT2D eigenvalue weighted by atomic mass is 16.7. The van der Waals surface area contributed by atoms with Crippen LogP contribution in [-0.4, -0.2) is 29.1 Å². The van der Waals surface area contributed by atoms with Gasteiger partial charge >= 0.3 is 0 Å². The molecule has 0 aliphatic carbocycles. The molecule has 29 heavy (non-hydrogen) atoms. The van der Waals surface area contributed by atoms with Crippen molar-refractivity contribution in [2.24, 2.45) is 0 Å². The van der Waals surface area contributed by atoms with Crippen LogP contribution in [-0.2, 0) is 19.5 Å². The van der Waals surface area contributed by atoms with E-state index in [9.17, 15) is 4.79 Å². The van der Waals surface area contributed by atoms with Gasteiger partial charge in [-0.15, -0.1) is 0 Å². The van der Waals surface area contributed by atoms with Gasteiger partial charge in [-0.25, -0.2) is 4.98 Å². The zero-order valence-corrected chi connectivity index (χ0v) is 15.9. The van der Waals surface area contributed by atoms with Crippen LogP contribution in [0.1, 0.15) is 27.0 Å². The number of hydrogen-bond acceptors (Lipinski definition) is 5. The normalized spacial score (nSPS) is 14.4. The van der Waals surface area contributed by atoms with E-state index in [1.807, 2.05) is 41.3 Å². The van der Waals surface area contributed by atoms with Crippen molar-refractivity contribution in [3.05, 3.63) is 83.0 Å². The van der Waals surface area contributed by atoms with Gasteiger partial charge in [0.2, 0.25) is 6.79 Å². The third-order valence-electron chi connectivity index (χ3n) is 5.34. The highest BCUT2D eigenvalue weighted by Crippen LogP contribution is 2.32. The van der Waals surface area contributed by atoms with Crippen molar-refractivity contribution in [3.8, 4) is 11.5 Å². The fraction of sp³-hybridized carbons (Fsp3) is 0.217. The van der Waals surface area contributed by atoms with Gasteiger partial charge in [-0.1, -0.05) is 30.3 Å². The van der Waals surface area contributed by atoms with Crippen LogP contribution < -0.4 is 14.8 Å². The predicted octanol–water partition coefficient (Wildman–Crippen LogP) is 3.62. The Balaban J connectivity index is 1.22. The molecule has 0 unspecified atom stereocenters. The first-order chi connectivity index (χ1) is 14.3. The van der Waals surface area contributed by atoms with Crippen LogP contribution in [0.3, 0.4) is 0 Å². The number of nitrogens with zero attached hydrogens (tertiary/aromatic N) is 2.